The number of halogens is 3. The minimum atomic E-state index is -4.57. The normalized spacial score (nSPS) is 13.1. The maximum atomic E-state index is 12.7. The van der Waals surface area contributed by atoms with Gasteiger partial charge in [-0.1, -0.05) is 66.7 Å². The van der Waals surface area contributed by atoms with Crippen LogP contribution in [0.2, 0.25) is 0 Å². The lowest BCUT2D eigenvalue weighted by molar-refractivity contribution is -0.143. The van der Waals surface area contributed by atoms with Crippen LogP contribution in [-0.4, -0.2) is 33.9 Å². The van der Waals surface area contributed by atoms with Gasteiger partial charge in [-0.05, 0) is 23.3 Å². The molecule has 9 heteroatoms. The summed E-state index contributed by atoms with van der Waals surface area (Å²) in [5, 5.41) is 21.8. The van der Waals surface area contributed by atoms with E-state index in [9.17, 15) is 37.8 Å². The van der Waals surface area contributed by atoms with Gasteiger partial charge in [0.05, 0.1) is 5.56 Å². The van der Waals surface area contributed by atoms with E-state index in [1.807, 2.05) is 0 Å². The SMILES string of the molecule is O=C(c1ccccc1)c1ccc(C[C@@H](NC(=O)[C@@H](O)c2ccc(C(F)(F)F)cc2)C(=O)O)cc1. The Hall–Kier alpha value is -3.98. The molecular weight excluding hydrogens is 451 g/mol. The maximum Gasteiger partial charge on any atom is 0.416 e. The molecule has 0 aliphatic rings. The number of amides is 1. The molecule has 0 fully saturated rings. The summed E-state index contributed by atoms with van der Waals surface area (Å²) < 4.78 is 38.0. The molecule has 1 amide bonds. The van der Waals surface area contributed by atoms with E-state index in [2.05, 4.69) is 5.32 Å². The number of aliphatic carboxylic acids is 1. The number of carbonyl (C=O) groups excluding carboxylic acids is 2. The average Bonchev–Trinajstić information content (AvgIpc) is 2.83. The number of hydrogen-bond acceptors (Lipinski definition) is 4. The van der Waals surface area contributed by atoms with Gasteiger partial charge in [-0.15, -0.1) is 0 Å². The molecule has 0 spiro atoms. The van der Waals surface area contributed by atoms with E-state index in [4.69, 9.17) is 0 Å². The highest BCUT2D eigenvalue weighted by atomic mass is 19.4. The monoisotopic (exact) mass is 471 g/mol. The molecular formula is C25H20F3NO5. The molecule has 0 unspecified atom stereocenters. The van der Waals surface area contributed by atoms with Crippen LogP contribution in [0.25, 0.3) is 0 Å². The molecule has 0 saturated carbocycles. The number of rotatable bonds is 8. The van der Waals surface area contributed by atoms with Crippen molar-refractivity contribution in [2.45, 2.75) is 24.7 Å². The first kappa shape index (κ1) is 24.7. The molecule has 6 nitrogen and oxygen atoms in total. The Bertz CT molecular complexity index is 1160. The highest BCUT2D eigenvalue weighted by molar-refractivity contribution is 6.08. The Morgan fingerprint density at radius 3 is 1.91 bits per heavy atom. The molecule has 3 rings (SSSR count). The number of nitrogens with one attached hydrogen (secondary N) is 1. The molecule has 0 aromatic heterocycles. The lowest BCUT2D eigenvalue weighted by atomic mass is 9.99. The van der Waals surface area contributed by atoms with E-state index in [1.165, 1.54) is 0 Å². The van der Waals surface area contributed by atoms with Crippen LogP contribution in [0, 0.1) is 0 Å². The lowest BCUT2D eigenvalue weighted by Gasteiger charge is -2.18. The fourth-order valence-corrected chi connectivity index (χ4v) is 3.24. The van der Waals surface area contributed by atoms with Gasteiger partial charge in [0.15, 0.2) is 11.9 Å². The highest BCUT2D eigenvalue weighted by Crippen LogP contribution is 2.30. The van der Waals surface area contributed by atoms with Gasteiger partial charge in [-0.25, -0.2) is 4.79 Å². The van der Waals surface area contributed by atoms with Crippen molar-refractivity contribution in [3.8, 4) is 0 Å². The molecule has 176 valence electrons. The zero-order chi connectivity index (χ0) is 24.9. The molecule has 2 atom stereocenters. The second-order valence-corrected chi connectivity index (χ2v) is 7.52. The summed E-state index contributed by atoms with van der Waals surface area (Å²) in [6.07, 6.45) is -6.56. The molecule has 3 N–H and O–H groups in total. The van der Waals surface area contributed by atoms with Crippen molar-refractivity contribution in [2.75, 3.05) is 0 Å². The third-order valence-electron chi connectivity index (χ3n) is 5.11. The number of aliphatic hydroxyl groups excluding tert-OH is 1. The molecule has 0 radical (unpaired) electrons. The first-order valence-corrected chi connectivity index (χ1v) is 10.1. The third kappa shape index (κ3) is 6.08. The predicted molar refractivity (Wildman–Crippen MR) is 116 cm³/mol. The first-order chi connectivity index (χ1) is 16.1. The number of aliphatic hydroxyl groups is 1. The number of carboxylic acid groups (broad SMARTS) is 1. The Balaban J connectivity index is 1.66. The van der Waals surface area contributed by atoms with Gasteiger partial charge in [0, 0.05) is 17.5 Å². The quantitative estimate of drug-likeness (QED) is 0.434. The summed E-state index contributed by atoms with van der Waals surface area (Å²) in [4.78, 5) is 36.5. The van der Waals surface area contributed by atoms with Crippen LogP contribution >= 0.6 is 0 Å². The summed E-state index contributed by atoms with van der Waals surface area (Å²) in [5.74, 6) is -2.63. The number of ketones is 1. The highest BCUT2D eigenvalue weighted by Gasteiger charge is 2.31. The van der Waals surface area contributed by atoms with Crippen LogP contribution in [0.1, 0.15) is 38.7 Å². The summed E-state index contributed by atoms with van der Waals surface area (Å²) in [6, 6.07) is 16.7. The number of alkyl halides is 3. The van der Waals surface area contributed by atoms with Gasteiger partial charge in [-0.3, -0.25) is 9.59 Å². The molecule has 0 heterocycles. The van der Waals surface area contributed by atoms with Crippen molar-refractivity contribution in [1.29, 1.82) is 0 Å². The van der Waals surface area contributed by atoms with Gasteiger partial charge >= 0.3 is 12.1 Å². The molecule has 3 aromatic rings. The number of benzene rings is 3. The molecule has 0 aliphatic carbocycles. The Kier molecular flexibility index (Phi) is 7.47. The summed E-state index contributed by atoms with van der Waals surface area (Å²) in [7, 11) is 0. The van der Waals surface area contributed by atoms with Crippen LogP contribution in [0.4, 0.5) is 13.2 Å². The van der Waals surface area contributed by atoms with E-state index >= 15 is 0 Å². The van der Waals surface area contributed by atoms with Crippen LogP contribution in [0.5, 0.6) is 0 Å². The zero-order valence-electron chi connectivity index (χ0n) is 17.6. The number of hydrogen-bond donors (Lipinski definition) is 3. The minimum Gasteiger partial charge on any atom is -0.480 e. The van der Waals surface area contributed by atoms with Gasteiger partial charge in [0.1, 0.15) is 6.04 Å². The van der Waals surface area contributed by atoms with Gasteiger partial charge in [-0.2, -0.15) is 13.2 Å². The van der Waals surface area contributed by atoms with Crippen molar-refractivity contribution in [2.24, 2.45) is 0 Å². The predicted octanol–water partition coefficient (Wildman–Crippen LogP) is 3.78. The molecule has 0 aliphatic heterocycles. The lowest BCUT2D eigenvalue weighted by Crippen LogP contribution is -2.44. The van der Waals surface area contributed by atoms with Crippen molar-refractivity contribution in [3.05, 3.63) is 107 Å². The summed E-state index contributed by atoms with van der Waals surface area (Å²) in [6.45, 7) is 0. The molecule has 0 saturated heterocycles. The fraction of sp³-hybridized carbons (Fsp3) is 0.160. The zero-order valence-corrected chi connectivity index (χ0v) is 17.6. The second kappa shape index (κ2) is 10.3. The number of carboxylic acids is 1. The Morgan fingerprint density at radius 2 is 1.38 bits per heavy atom. The summed E-state index contributed by atoms with van der Waals surface area (Å²) in [5.41, 5.74) is 0.368. The fourth-order valence-electron chi connectivity index (χ4n) is 3.24. The van der Waals surface area contributed by atoms with Crippen LogP contribution in [0.15, 0.2) is 78.9 Å². The van der Waals surface area contributed by atoms with E-state index in [-0.39, 0.29) is 17.8 Å². The summed E-state index contributed by atoms with van der Waals surface area (Å²) >= 11 is 0. The average molecular weight is 471 g/mol. The van der Waals surface area contributed by atoms with Crippen LogP contribution in [-0.2, 0) is 22.2 Å². The van der Waals surface area contributed by atoms with E-state index in [0.717, 1.165) is 24.3 Å². The van der Waals surface area contributed by atoms with Crippen molar-refractivity contribution in [3.63, 3.8) is 0 Å². The minimum absolute atomic E-state index is 0.113. The van der Waals surface area contributed by atoms with E-state index < -0.39 is 35.8 Å². The van der Waals surface area contributed by atoms with Gasteiger partial charge in [0.25, 0.3) is 5.91 Å². The van der Waals surface area contributed by atoms with Gasteiger partial charge < -0.3 is 15.5 Å². The van der Waals surface area contributed by atoms with Crippen molar-refractivity contribution in [1.82, 2.24) is 5.32 Å². The largest absolute Gasteiger partial charge is 0.480 e. The van der Waals surface area contributed by atoms with Crippen LogP contribution < -0.4 is 5.32 Å². The van der Waals surface area contributed by atoms with Crippen molar-refractivity contribution < 1.29 is 37.8 Å². The van der Waals surface area contributed by atoms with Crippen molar-refractivity contribution >= 4 is 17.7 Å². The smallest absolute Gasteiger partial charge is 0.416 e. The Morgan fingerprint density at radius 1 is 0.824 bits per heavy atom. The third-order valence-corrected chi connectivity index (χ3v) is 5.11. The molecule has 0 bridgehead atoms. The van der Waals surface area contributed by atoms with E-state index in [0.29, 0.717) is 16.7 Å². The first-order valence-electron chi connectivity index (χ1n) is 10.1. The van der Waals surface area contributed by atoms with Gasteiger partial charge in [0.2, 0.25) is 0 Å². The number of carbonyl (C=O) groups is 3. The van der Waals surface area contributed by atoms with E-state index in [1.54, 1.807) is 54.6 Å². The topological polar surface area (TPSA) is 104 Å². The molecule has 3 aromatic carbocycles. The van der Waals surface area contributed by atoms with Crippen LogP contribution in [0.3, 0.4) is 0 Å². The second-order valence-electron chi connectivity index (χ2n) is 7.52. The standard InChI is InChI=1S/C25H20F3NO5/c26-25(27,28)19-12-10-18(11-13-19)22(31)23(32)29-20(24(33)34)14-15-6-8-17(9-7-15)21(30)16-4-2-1-3-5-16/h1-13,20,22,31H,14H2,(H,29,32)(H,33,34)/t20-,22+/m1/s1. The maximum absolute atomic E-state index is 12.7. The Labute approximate surface area is 192 Å². The molecule has 34 heavy (non-hydrogen) atoms.